The summed E-state index contributed by atoms with van der Waals surface area (Å²) in [6.45, 7) is 21.1. The van der Waals surface area contributed by atoms with Gasteiger partial charge in [0.05, 0.1) is 60.9 Å². The molecule has 0 unspecified atom stereocenters. The molecule has 0 spiro atoms. The molecule has 0 aliphatic carbocycles. The highest BCUT2D eigenvalue weighted by molar-refractivity contribution is 9.10. The quantitative estimate of drug-likeness (QED) is 0.306. The molecular formula is C32H50B3BrN2O8. The van der Waals surface area contributed by atoms with E-state index < -0.39 is 21.1 Å². The predicted molar refractivity (Wildman–Crippen MR) is 185 cm³/mol. The highest BCUT2D eigenvalue weighted by atomic mass is 79.9. The van der Waals surface area contributed by atoms with Crippen LogP contribution in [0.15, 0.2) is 53.0 Å². The number of halogens is 1. The van der Waals surface area contributed by atoms with Crippen LogP contribution in [-0.2, 0) is 41.2 Å². The zero-order valence-corrected chi connectivity index (χ0v) is 30.1. The van der Waals surface area contributed by atoms with Crippen LogP contribution in [0.3, 0.4) is 0 Å². The summed E-state index contributed by atoms with van der Waals surface area (Å²) in [5.74, 6) is 0. The molecule has 252 valence electrons. The molecular weight excluding hydrogens is 653 g/mol. The van der Waals surface area contributed by atoms with Gasteiger partial charge in [0.2, 0.25) is 0 Å². The average molecular weight is 703 g/mol. The molecule has 4 aliphatic rings. The van der Waals surface area contributed by atoms with Crippen molar-refractivity contribution in [2.45, 2.75) is 103 Å². The molecule has 4 fully saturated rings. The van der Waals surface area contributed by atoms with E-state index in [0.29, 0.717) is 17.5 Å². The molecule has 2 aromatic rings. The Morgan fingerprint density at radius 3 is 1.41 bits per heavy atom. The van der Waals surface area contributed by atoms with E-state index in [9.17, 15) is 0 Å². The SMILES string of the molecule is Brc1cccc(CNC2COC2)c1.CC1(C)OB(B2OC(C)(C)C(C)(C)O2)OC1(C)C.OB(O)c1cccc(CNC2COC2)c1. The van der Waals surface area contributed by atoms with Crippen LogP contribution in [0.5, 0.6) is 0 Å². The number of nitrogens with one attached hydrogen (secondary N) is 2. The summed E-state index contributed by atoms with van der Waals surface area (Å²) in [7, 11) is -2.34. The van der Waals surface area contributed by atoms with Crippen molar-refractivity contribution < 1.29 is 38.1 Å². The van der Waals surface area contributed by atoms with E-state index in [4.69, 9.17) is 38.1 Å². The van der Waals surface area contributed by atoms with E-state index in [-0.39, 0.29) is 22.4 Å². The Morgan fingerprint density at radius 1 is 0.674 bits per heavy atom. The molecule has 6 rings (SSSR count). The number of rotatable bonds is 8. The summed E-state index contributed by atoms with van der Waals surface area (Å²) >= 11 is 3.45. The van der Waals surface area contributed by atoms with E-state index in [1.165, 1.54) is 5.56 Å². The largest absolute Gasteiger partial charge is 0.488 e. The minimum absolute atomic E-state index is 0.360. The maximum atomic E-state index is 9.00. The summed E-state index contributed by atoms with van der Waals surface area (Å²) in [6, 6.07) is 16.6. The second-order valence-corrected chi connectivity index (χ2v) is 15.1. The minimum atomic E-state index is -1.39. The molecule has 0 saturated carbocycles. The lowest BCUT2D eigenvalue weighted by Gasteiger charge is -2.32. The molecule has 14 heteroatoms. The first-order chi connectivity index (χ1) is 21.5. The van der Waals surface area contributed by atoms with Gasteiger partial charge in [-0.3, -0.25) is 0 Å². The normalized spacial score (nSPS) is 22.6. The first kappa shape index (κ1) is 37.5. The second-order valence-electron chi connectivity index (χ2n) is 14.2. The van der Waals surface area contributed by atoms with Crippen molar-refractivity contribution in [1.82, 2.24) is 10.6 Å². The fourth-order valence-electron chi connectivity index (χ4n) is 4.74. The second kappa shape index (κ2) is 15.5. The molecule has 4 N–H and O–H groups in total. The van der Waals surface area contributed by atoms with Crippen LogP contribution in [0, 0.1) is 0 Å². The van der Waals surface area contributed by atoms with Gasteiger partial charge in [-0.05, 0) is 84.1 Å². The van der Waals surface area contributed by atoms with E-state index in [1.54, 1.807) is 12.1 Å². The van der Waals surface area contributed by atoms with Gasteiger partial charge in [0.25, 0.3) is 0 Å². The Kier molecular flexibility index (Phi) is 12.7. The molecule has 0 radical (unpaired) electrons. The van der Waals surface area contributed by atoms with Crippen LogP contribution >= 0.6 is 15.9 Å². The van der Waals surface area contributed by atoms with E-state index in [1.807, 2.05) is 73.6 Å². The van der Waals surface area contributed by atoms with Crippen LogP contribution in [0.1, 0.15) is 66.5 Å². The Hall–Kier alpha value is -1.29. The van der Waals surface area contributed by atoms with Gasteiger partial charge in [-0.1, -0.05) is 52.3 Å². The molecule has 10 nitrogen and oxygen atoms in total. The van der Waals surface area contributed by atoms with Crippen molar-refractivity contribution in [3.8, 4) is 0 Å². The van der Waals surface area contributed by atoms with Crippen LogP contribution in [0.25, 0.3) is 0 Å². The molecule has 4 aliphatic heterocycles. The molecule has 0 atom stereocenters. The third-order valence-corrected chi connectivity index (χ3v) is 9.86. The van der Waals surface area contributed by atoms with Crippen LogP contribution in [-0.4, -0.2) is 92.1 Å². The predicted octanol–water partition coefficient (Wildman–Crippen LogP) is 3.04. The highest BCUT2D eigenvalue weighted by Crippen LogP contribution is 2.42. The van der Waals surface area contributed by atoms with Crippen molar-refractivity contribution in [3.05, 3.63) is 64.1 Å². The number of hydrogen-bond acceptors (Lipinski definition) is 10. The van der Waals surface area contributed by atoms with Gasteiger partial charge in [0, 0.05) is 17.6 Å². The first-order valence-corrected chi connectivity index (χ1v) is 16.8. The summed E-state index contributed by atoms with van der Waals surface area (Å²) in [6.07, 6.45) is 0. The maximum Gasteiger partial charge on any atom is 0.488 e. The average Bonchev–Trinajstić information content (AvgIpc) is 3.27. The van der Waals surface area contributed by atoms with Crippen molar-refractivity contribution in [2.24, 2.45) is 0 Å². The van der Waals surface area contributed by atoms with Gasteiger partial charge in [0.1, 0.15) is 0 Å². The standard InChI is InChI=1S/C12H24B2O4.C10H14BNO3.C10H12BrNO/c1-9(2)10(3,4)16-13(15-9)14-17-11(5,6)12(7,8)18-14;13-11(14)9-3-1-2-8(4-9)5-12-10-6-15-7-10;11-9-3-1-2-8(4-9)5-12-10-6-13-7-10/h1-8H3;1-4,10,12-14H,5-7H2;1-4,10,12H,5-7H2. The lowest BCUT2D eigenvalue weighted by atomic mass is 9.49. The zero-order valence-electron chi connectivity index (χ0n) is 28.5. The molecule has 0 bridgehead atoms. The lowest BCUT2D eigenvalue weighted by molar-refractivity contribution is -0.00581. The fraction of sp³-hybridized carbons (Fsp3) is 0.625. The van der Waals surface area contributed by atoms with Crippen LogP contribution in [0.4, 0.5) is 0 Å². The summed E-state index contributed by atoms with van der Waals surface area (Å²) in [5.41, 5.74) is 1.44. The molecule has 2 aromatic carbocycles. The van der Waals surface area contributed by atoms with E-state index in [2.05, 4.69) is 44.8 Å². The highest BCUT2D eigenvalue weighted by Gasteiger charge is 2.63. The lowest BCUT2D eigenvalue weighted by Crippen LogP contribution is -2.45. The third kappa shape index (κ3) is 9.88. The smallest absolute Gasteiger partial charge is 0.423 e. The monoisotopic (exact) mass is 702 g/mol. The Bertz CT molecular complexity index is 1210. The Labute approximate surface area is 284 Å². The van der Waals surface area contributed by atoms with Gasteiger partial charge in [-0.25, -0.2) is 0 Å². The fourth-order valence-corrected chi connectivity index (χ4v) is 5.19. The van der Waals surface area contributed by atoms with Gasteiger partial charge >= 0.3 is 21.1 Å². The zero-order chi connectivity index (χ0) is 33.8. The number of ether oxygens (including phenoxy) is 2. The van der Waals surface area contributed by atoms with Crippen LogP contribution in [0.2, 0.25) is 0 Å². The number of benzene rings is 2. The molecule has 0 aromatic heterocycles. The van der Waals surface area contributed by atoms with Gasteiger partial charge < -0.3 is 48.8 Å². The summed E-state index contributed by atoms with van der Waals surface area (Å²) in [5, 5.41) is 24.7. The molecule has 0 amide bonds. The molecule has 46 heavy (non-hydrogen) atoms. The van der Waals surface area contributed by atoms with Crippen molar-refractivity contribution in [1.29, 1.82) is 0 Å². The Balaban J connectivity index is 0.000000159. The van der Waals surface area contributed by atoms with Crippen molar-refractivity contribution >= 4 is 42.5 Å². The summed E-state index contributed by atoms with van der Waals surface area (Å²) < 4.78 is 35.1. The molecule has 4 heterocycles. The van der Waals surface area contributed by atoms with Gasteiger partial charge in [0.15, 0.2) is 0 Å². The van der Waals surface area contributed by atoms with E-state index in [0.717, 1.165) is 49.6 Å². The van der Waals surface area contributed by atoms with Crippen molar-refractivity contribution in [3.63, 3.8) is 0 Å². The number of hydrogen-bond donors (Lipinski definition) is 4. The Morgan fingerprint density at radius 2 is 1.07 bits per heavy atom. The van der Waals surface area contributed by atoms with E-state index >= 15 is 0 Å². The topological polar surface area (TPSA) is 120 Å². The minimum Gasteiger partial charge on any atom is -0.423 e. The summed E-state index contributed by atoms with van der Waals surface area (Å²) in [4.78, 5) is 0. The van der Waals surface area contributed by atoms with Crippen molar-refractivity contribution in [2.75, 3.05) is 26.4 Å². The first-order valence-electron chi connectivity index (χ1n) is 16.0. The molecule has 4 saturated heterocycles. The maximum absolute atomic E-state index is 9.00. The van der Waals surface area contributed by atoms with Gasteiger partial charge in [-0.2, -0.15) is 0 Å². The van der Waals surface area contributed by atoms with Crippen LogP contribution < -0.4 is 16.1 Å². The van der Waals surface area contributed by atoms with Gasteiger partial charge in [-0.15, -0.1) is 0 Å². The third-order valence-electron chi connectivity index (χ3n) is 9.37.